The number of aromatic amines is 1. The predicted molar refractivity (Wildman–Crippen MR) is 122 cm³/mol. The van der Waals surface area contributed by atoms with Gasteiger partial charge < -0.3 is 15.0 Å². The number of carbonyl (C=O) groups is 1. The predicted octanol–water partition coefficient (Wildman–Crippen LogP) is 2.82. The van der Waals surface area contributed by atoms with Gasteiger partial charge in [-0.1, -0.05) is 41.9 Å². The van der Waals surface area contributed by atoms with Gasteiger partial charge in [-0.2, -0.15) is 0 Å². The van der Waals surface area contributed by atoms with Crippen LogP contribution in [-0.2, 0) is 6.54 Å². The molecule has 0 radical (unpaired) electrons. The molecule has 2 atom stereocenters. The fourth-order valence-corrected chi connectivity index (χ4v) is 4.94. The monoisotopic (exact) mass is 438 g/mol. The number of halogens is 1. The van der Waals surface area contributed by atoms with E-state index in [0.29, 0.717) is 18.7 Å². The van der Waals surface area contributed by atoms with Crippen molar-refractivity contribution in [2.24, 2.45) is 0 Å². The molecule has 0 spiro atoms. The molecule has 3 heterocycles. The number of benzene rings is 2. The van der Waals surface area contributed by atoms with Gasteiger partial charge in [-0.15, -0.1) is 0 Å². The van der Waals surface area contributed by atoms with Gasteiger partial charge in [-0.25, -0.2) is 0 Å². The quantitative estimate of drug-likeness (QED) is 0.657. The maximum Gasteiger partial charge on any atom is 0.256 e. The molecule has 7 heteroatoms. The number of piperazine rings is 1. The maximum absolute atomic E-state index is 13.1. The number of hydrogen-bond donors (Lipinski definition) is 2. The Hall–Kier alpha value is -2.38. The molecule has 2 aliphatic rings. The number of β-amino-alcohol motifs (C(OH)–C–C–N with tert-alkyl or cyclic N) is 1. The highest BCUT2D eigenvalue weighted by Gasteiger charge is 2.39. The summed E-state index contributed by atoms with van der Waals surface area (Å²) in [7, 11) is 0. The van der Waals surface area contributed by atoms with Gasteiger partial charge >= 0.3 is 0 Å². The highest BCUT2D eigenvalue weighted by atomic mass is 35.5. The molecule has 2 aliphatic heterocycles. The second-order valence-electron chi connectivity index (χ2n) is 8.53. The number of hydrogen-bond acceptors (Lipinski definition) is 4. The third-order valence-electron chi connectivity index (χ3n) is 6.56. The fourth-order valence-electron chi connectivity index (χ4n) is 4.81. The van der Waals surface area contributed by atoms with Crippen molar-refractivity contribution in [3.63, 3.8) is 0 Å². The summed E-state index contributed by atoms with van der Waals surface area (Å²) in [6.45, 7) is 5.54. The van der Waals surface area contributed by atoms with Crippen molar-refractivity contribution in [1.82, 2.24) is 19.7 Å². The number of H-pyrrole nitrogens is 1. The number of carbonyl (C=O) groups excluding carboxylic acids is 1. The highest BCUT2D eigenvalue weighted by molar-refractivity contribution is 6.30. The molecule has 2 saturated heterocycles. The van der Waals surface area contributed by atoms with E-state index >= 15 is 0 Å². The molecule has 2 unspecified atom stereocenters. The summed E-state index contributed by atoms with van der Waals surface area (Å²) in [4.78, 5) is 22.9. The summed E-state index contributed by atoms with van der Waals surface area (Å²) < 4.78 is 0. The first-order valence-corrected chi connectivity index (χ1v) is 11.2. The molecular formula is C24H27ClN4O2. The Morgan fingerprint density at radius 2 is 1.77 bits per heavy atom. The SMILES string of the molecule is O=C(c1c[nH]c2ccccc12)N1CC(O)C(N2CCN(Cc3ccc(Cl)cc3)CC2)C1. The van der Waals surface area contributed by atoms with Gasteiger partial charge in [0.25, 0.3) is 5.91 Å². The van der Waals surface area contributed by atoms with Gasteiger partial charge in [-0.3, -0.25) is 14.6 Å². The van der Waals surface area contributed by atoms with E-state index in [1.807, 2.05) is 36.4 Å². The van der Waals surface area contributed by atoms with E-state index in [1.54, 1.807) is 11.1 Å². The molecular weight excluding hydrogens is 412 g/mol. The van der Waals surface area contributed by atoms with Crippen LogP contribution in [0.15, 0.2) is 54.7 Å². The van der Waals surface area contributed by atoms with Crippen LogP contribution in [0, 0.1) is 0 Å². The average molecular weight is 439 g/mol. The molecule has 162 valence electrons. The number of nitrogens with one attached hydrogen (secondary N) is 1. The van der Waals surface area contributed by atoms with Crippen molar-refractivity contribution < 1.29 is 9.90 Å². The smallest absolute Gasteiger partial charge is 0.256 e. The number of likely N-dealkylation sites (tertiary alicyclic amines) is 1. The van der Waals surface area contributed by atoms with Gasteiger partial charge in [0, 0.05) is 67.9 Å². The average Bonchev–Trinajstić information content (AvgIpc) is 3.39. The van der Waals surface area contributed by atoms with Crippen LogP contribution in [0.1, 0.15) is 15.9 Å². The number of aliphatic hydroxyl groups excluding tert-OH is 1. The van der Waals surface area contributed by atoms with Gasteiger partial charge in [-0.05, 0) is 23.8 Å². The normalized spacial score (nSPS) is 23.0. The minimum absolute atomic E-state index is 0.00756. The lowest BCUT2D eigenvalue weighted by atomic mass is 10.1. The number of fused-ring (bicyclic) bond motifs is 1. The van der Waals surface area contributed by atoms with Crippen molar-refractivity contribution in [2.45, 2.75) is 18.7 Å². The minimum Gasteiger partial charge on any atom is -0.390 e. The summed E-state index contributed by atoms with van der Waals surface area (Å²) in [5, 5.41) is 12.4. The highest BCUT2D eigenvalue weighted by Crippen LogP contribution is 2.24. The first-order chi connectivity index (χ1) is 15.1. The minimum atomic E-state index is -0.517. The van der Waals surface area contributed by atoms with E-state index in [9.17, 15) is 9.90 Å². The van der Waals surface area contributed by atoms with Crippen LogP contribution in [0.3, 0.4) is 0 Å². The van der Waals surface area contributed by atoms with Crippen LogP contribution >= 0.6 is 11.6 Å². The molecule has 5 rings (SSSR count). The summed E-state index contributed by atoms with van der Waals surface area (Å²) in [6.07, 6.45) is 1.26. The van der Waals surface area contributed by atoms with Crippen molar-refractivity contribution in [3.8, 4) is 0 Å². The first-order valence-electron chi connectivity index (χ1n) is 10.8. The Morgan fingerprint density at radius 3 is 2.55 bits per heavy atom. The van der Waals surface area contributed by atoms with Crippen LogP contribution < -0.4 is 0 Å². The fraction of sp³-hybridized carbons (Fsp3) is 0.375. The summed E-state index contributed by atoms with van der Waals surface area (Å²) >= 11 is 5.98. The number of nitrogens with zero attached hydrogens (tertiary/aromatic N) is 3. The van der Waals surface area contributed by atoms with Crippen molar-refractivity contribution in [1.29, 1.82) is 0 Å². The van der Waals surface area contributed by atoms with Crippen LogP contribution in [0.2, 0.25) is 5.02 Å². The Kier molecular flexibility index (Phi) is 5.71. The van der Waals surface area contributed by atoms with Crippen LogP contribution in [0.4, 0.5) is 0 Å². The molecule has 2 aromatic carbocycles. The molecule has 6 nitrogen and oxygen atoms in total. The van der Waals surface area contributed by atoms with Gasteiger partial charge in [0.2, 0.25) is 0 Å². The third-order valence-corrected chi connectivity index (χ3v) is 6.81. The summed E-state index contributed by atoms with van der Waals surface area (Å²) in [5.74, 6) is -0.0135. The van der Waals surface area contributed by atoms with E-state index < -0.39 is 6.10 Å². The van der Waals surface area contributed by atoms with Crippen molar-refractivity contribution in [3.05, 3.63) is 70.9 Å². The molecule has 0 aliphatic carbocycles. The van der Waals surface area contributed by atoms with Gasteiger partial charge in [0.1, 0.15) is 0 Å². The van der Waals surface area contributed by atoms with E-state index in [2.05, 4.69) is 26.9 Å². The summed E-state index contributed by atoms with van der Waals surface area (Å²) in [6, 6.07) is 15.8. The van der Waals surface area contributed by atoms with E-state index in [1.165, 1.54) is 5.56 Å². The molecule has 1 aromatic heterocycles. The molecule has 3 aromatic rings. The molecule has 2 fully saturated rings. The standard InChI is InChI=1S/C24H27ClN4O2/c25-18-7-5-17(6-8-18)14-27-9-11-28(12-10-27)22-15-29(16-23(22)30)24(31)20-13-26-21-4-2-1-3-19(20)21/h1-8,13,22-23,26,30H,9-12,14-16H2. The Balaban J connectivity index is 1.19. The first kappa shape index (κ1) is 20.5. The zero-order chi connectivity index (χ0) is 21.4. The van der Waals surface area contributed by atoms with E-state index in [0.717, 1.165) is 48.6 Å². The van der Waals surface area contributed by atoms with E-state index in [4.69, 9.17) is 11.6 Å². The molecule has 0 bridgehead atoms. The lowest BCUT2D eigenvalue weighted by molar-refractivity contribution is 0.0423. The largest absolute Gasteiger partial charge is 0.390 e. The third kappa shape index (κ3) is 4.21. The Labute approximate surface area is 187 Å². The second-order valence-corrected chi connectivity index (χ2v) is 8.97. The second kappa shape index (κ2) is 8.63. The Bertz CT molecular complexity index is 1060. The van der Waals surface area contributed by atoms with Gasteiger partial charge in [0.05, 0.1) is 17.7 Å². The van der Waals surface area contributed by atoms with Gasteiger partial charge in [0.15, 0.2) is 0 Å². The number of aromatic nitrogens is 1. The number of rotatable bonds is 4. The van der Waals surface area contributed by atoms with Crippen molar-refractivity contribution in [2.75, 3.05) is 39.3 Å². The maximum atomic E-state index is 13.1. The van der Waals surface area contributed by atoms with Crippen molar-refractivity contribution >= 4 is 28.4 Å². The summed E-state index contributed by atoms with van der Waals surface area (Å²) in [5.41, 5.74) is 2.89. The molecule has 31 heavy (non-hydrogen) atoms. The molecule has 1 amide bonds. The van der Waals surface area contributed by atoms with Crippen LogP contribution in [-0.4, -0.2) is 82.1 Å². The molecule has 2 N–H and O–H groups in total. The van der Waals surface area contributed by atoms with Crippen LogP contribution in [0.5, 0.6) is 0 Å². The Morgan fingerprint density at radius 1 is 1.03 bits per heavy atom. The molecule has 0 saturated carbocycles. The number of para-hydroxylation sites is 1. The van der Waals surface area contributed by atoms with E-state index in [-0.39, 0.29) is 11.9 Å². The topological polar surface area (TPSA) is 62.8 Å². The zero-order valence-corrected chi connectivity index (χ0v) is 18.1. The lowest BCUT2D eigenvalue weighted by Gasteiger charge is -2.38. The number of aliphatic hydroxyl groups is 1. The zero-order valence-electron chi connectivity index (χ0n) is 17.4. The van der Waals surface area contributed by atoms with Crippen LogP contribution in [0.25, 0.3) is 10.9 Å². The number of amides is 1. The lowest BCUT2D eigenvalue weighted by Crippen LogP contribution is -2.53.